The SMILES string of the molecule is CCNC(=O)COc1cc(CNC(C)C)ccc1[N+](=O)[O-]. The molecule has 1 aromatic rings. The number of benzene rings is 1. The van der Waals surface area contributed by atoms with Crippen molar-refractivity contribution in [3.63, 3.8) is 0 Å². The second-order valence-corrected chi connectivity index (χ2v) is 4.84. The molecule has 0 unspecified atom stereocenters. The van der Waals surface area contributed by atoms with Crippen LogP contribution in [0.15, 0.2) is 18.2 Å². The zero-order valence-electron chi connectivity index (χ0n) is 12.5. The molecule has 0 fully saturated rings. The first-order valence-corrected chi connectivity index (χ1v) is 6.84. The lowest BCUT2D eigenvalue weighted by Gasteiger charge is -2.11. The van der Waals surface area contributed by atoms with Crippen molar-refractivity contribution in [2.45, 2.75) is 33.4 Å². The Morgan fingerprint density at radius 1 is 1.43 bits per heavy atom. The van der Waals surface area contributed by atoms with Crippen molar-refractivity contribution in [2.24, 2.45) is 0 Å². The van der Waals surface area contributed by atoms with Crippen LogP contribution in [0.2, 0.25) is 0 Å². The highest BCUT2D eigenvalue weighted by molar-refractivity contribution is 5.77. The lowest BCUT2D eigenvalue weighted by atomic mass is 10.2. The van der Waals surface area contributed by atoms with Crippen LogP contribution in [-0.4, -0.2) is 30.0 Å². The minimum Gasteiger partial charge on any atom is -0.477 e. The summed E-state index contributed by atoms with van der Waals surface area (Å²) in [6.07, 6.45) is 0. The van der Waals surface area contributed by atoms with E-state index >= 15 is 0 Å². The fourth-order valence-corrected chi connectivity index (χ4v) is 1.65. The minimum atomic E-state index is -0.521. The van der Waals surface area contributed by atoms with E-state index in [2.05, 4.69) is 10.6 Å². The molecule has 0 aliphatic heterocycles. The number of carbonyl (C=O) groups is 1. The van der Waals surface area contributed by atoms with Crippen molar-refractivity contribution < 1.29 is 14.5 Å². The maximum atomic E-state index is 11.4. The maximum Gasteiger partial charge on any atom is 0.310 e. The first-order valence-electron chi connectivity index (χ1n) is 6.84. The summed E-state index contributed by atoms with van der Waals surface area (Å²) in [6, 6.07) is 4.96. The van der Waals surface area contributed by atoms with Crippen LogP contribution >= 0.6 is 0 Å². The van der Waals surface area contributed by atoms with Crippen molar-refractivity contribution in [1.29, 1.82) is 0 Å². The largest absolute Gasteiger partial charge is 0.477 e. The quantitative estimate of drug-likeness (QED) is 0.561. The van der Waals surface area contributed by atoms with Gasteiger partial charge in [0, 0.05) is 25.2 Å². The number of rotatable bonds is 8. The summed E-state index contributed by atoms with van der Waals surface area (Å²) < 4.78 is 5.28. The molecule has 0 aliphatic rings. The predicted molar refractivity (Wildman–Crippen MR) is 79.3 cm³/mol. The fourth-order valence-electron chi connectivity index (χ4n) is 1.65. The highest BCUT2D eigenvalue weighted by Crippen LogP contribution is 2.28. The molecule has 0 aliphatic carbocycles. The van der Waals surface area contributed by atoms with E-state index in [4.69, 9.17) is 4.74 Å². The zero-order valence-corrected chi connectivity index (χ0v) is 12.5. The lowest BCUT2D eigenvalue weighted by molar-refractivity contribution is -0.385. The normalized spacial score (nSPS) is 10.5. The Bertz CT molecular complexity index is 503. The van der Waals surface area contributed by atoms with Crippen molar-refractivity contribution in [2.75, 3.05) is 13.2 Å². The number of hydrogen-bond acceptors (Lipinski definition) is 5. The molecule has 2 N–H and O–H groups in total. The molecular formula is C14H21N3O4. The van der Waals surface area contributed by atoms with Gasteiger partial charge in [-0.3, -0.25) is 14.9 Å². The fraction of sp³-hybridized carbons (Fsp3) is 0.500. The summed E-state index contributed by atoms with van der Waals surface area (Å²) in [4.78, 5) is 21.8. The van der Waals surface area contributed by atoms with Gasteiger partial charge in [-0.1, -0.05) is 19.9 Å². The van der Waals surface area contributed by atoms with Gasteiger partial charge in [-0.05, 0) is 18.6 Å². The topological polar surface area (TPSA) is 93.5 Å². The number of amides is 1. The van der Waals surface area contributed by atoms with Crippen LogP contribution in [0, 0.1) is 10.1 Å². The van der Waals surface area contributed by atoms with Crippen LogP contribution in [0.5, 0.6) is 5.75 Å². The van der Waals surface area contributed by atoms with Crippen molar-refractivity contribution >= 4 is 11.6 Å². The Balaban J connectivity index is 2.83. The zero-order chi connectivity index (χ0) is 15.8. The van der Waals surface area contributed by atoms with Gasteiger partial charge in [-0.2, -0.15) is 0 Å². The molecule has 0 heterocycles. The molecule has 0 saturated carbocycles. The predicted octanol–water partition coefficient (Wildman–Crippen LogP) is 1.61. The summed E-state index contributed by atoms with van der Waals surface area (Å²) in [5.41, 5.74) is 0.716. The lowest BCUT2D eigenvalue weighted by Crippen LogP contribution is -2.28. The maximum absolute atomic E-state index is 11.4. The average molecular weight is 295 g/mol. The molecule has 0 spiro atoms. The minimum absolute atomic E-state index is 0.106. The van der Waals surface area contributed by atoms with E-state index in [1.165, 1.54) is 6.07 Å². The number of nitrogens with one attached hydrogen (secondary N) is 2. The van der Waals surface area contributed by atoms with Crippen LogP contribution in [0.1, 0.15) is 26.3 Å². The Morgan fingerprint density at radius 3 is 2.71 bits per heavy atom. The first kappa shape index (κ1) is 16.9. The molecule has 116 valence electrons. The summed E-state index contributed by atoms with van der Waals surface area (Å²) in [5, 5.41) is 16.8. The number of likely N-dealkylation sites (N-methyl/N-ethyl adjacent to an activating group) is 1. The van der Waals surface area contributed by atoms with Crippen LogP contribution in [0.3, 0.4) is 0 Å². The molecule has 0 radical (unpaired) electrons. The van der Waals surface area contributed by atoms with Gasteiger partial charge >= 0.3 is 5.69 Å². The summed E-state index contributed by atoms with van der Waals surface area (Å²) >= 11 is 0. The third-order valence-electron chi connectivity index (χ3n) is 2.67. The van der Waals surface area contributed by atoms with E-state index in [9.17, 15) is 14.9 Å². The van der Waals surface area contributed by atoms with Crippen LogP contribution in [0.25, 0.3) is 0 Å². The van der Waals surface area contributed by atoms with Crippen molar-refractivity contribution in [1.82, 2.24) is 10.6 Å². The van der Waals surface area contributed by atoms with Crippen molar-refractivity contribution in [3.05, 3.63) is 33.9 Å². The summed E-state index contributed by atoms with van der Waals surface area (Å²) in [5.74, 6) is -0.202. The van der Waals surface area contributed by atoms with Crippen LogP contribution in [0.4, 0.5) is 5.69 Å². The number of ether oxygens (including phenoxy) is 1. The van der Waals surface area contributed by atoms with E-state index < -0.39 is 4.92 Å². The van der Waals surface area contributed by atoms with E-state index in [0.29, 0.717) is 19.1 Å². The monoisotopic (exact) mass is 295 g/mol. The molecule has 1 rings (SSSR count). The highest BCUT2D eigenvalue weighted by atomic mass is 16.6. The Hall–Kier alpha value is -2.15. The molecule has 0 aromatic heterocycles. The molecule has 0 bridgehead atoms. The van der Waals surface area contributed by atoms with Gasteiger partial charge in [0.25, 0.3) is 5.91 Å². The standard InChI is InChI=1S/C14H21N3O4/c1-4-15-14(18)9-21-13-7-11(8-16-10(2)3)5-6-12(13)17(19)20/h5-7,10,16H,4,8-9H2,1-3H3,(H,15,18). The smallest absolute Gasteiger partial charge is 0.310 e. The Morgan fingerprint density at radius 2 is 2.14 bits per heavy atom. The van der Waals surface area contributed by atoms with E-state index in [1.807, 2.05) is 13.8 Å². The molecule has 21 heavy (non-hydrogen) atoms. The molecule has 7 heteroatoms. The molecule has 1 aromatic carbocycles. The average Bonchev–Trinajstić information content (AvgIpc) is 2.43. The van der Waals surface area contributed by atoms with Gasteiger partial charge in [0.05, 0.1) is 4.92 Å². The first-order chi connectivity index (χ1) is 9.93. The van der Waals surface area contributed by atoms with Gasteiger partial charge in [0.1, 0.15) is 0 Å². The Kier molecular flexibility index (Phi) is 6.61. The summed E-state index contributed by atoms with van der Waals surface area (Å²) in [6.45, 7) is 6.64. The number of hydrogen-bond donors (Lipinski definition) is 2. The van der Waals surface area contributed by atoms with E-state index in [0.717, 1.165) is 5.56 Å². The third kappa shape index (κ3) is 5.78. The van der Waals surface area contributed by atoms with Crippen LogP contribution < -0.4 is 15.4 Å². The number of nitro benzene ring substituents is 1. The summed E-state index contributed by atoms with van der Waals surface area (Å²) in [7, 11) is 0. The highest BCUT2D eigenvalue weighted by Gasteiger charge is 2.16. The van der Waals surface area contributed by atoms with Gasteiger partial charge in [-0.25, -0.2) is 0 Å². The van der Waals surface area contributed by atoms with Gasteiger partial charge in [0.2, 0.25) is 0 Å². The second-order valence-electron chi connectivity index (χ2n) is 4.84. The Labute approximate surface area is 123 Å². The molecule has 0 saturated heterocycles. The van der Waals surface area contributed by atoms with E-state index in [1.54, 1.807) is 19.1 Å². The number of nitro groups is 1. The molecule has 7 nitrogen and oxygen atoms in total. The molecule has 1 amide bonds. The molecule has 0 atom stereocenters. The van der Waals surface area contributed by atoms with Gasteiger partial charge in [0.15, 0.2) is 12.4 Å². The molecular weight excluding hydrogens is 274 g/mol. The van der Waals surface area contributed by atoms with Crippen molar-refractivity contribution in [3.8, 4) is 5.75 Å². The van der Waals surface area contributed by atoms with Gasteiger partial charge in [-0.15, -0.1) is 0 Å². The number of nitrogens with zero attached hydrogens (tertiary/aromatic N) is 1. The number of carbonyl (C=O) groups excluding carboxylic acids is 1. The van der Waals surface area contributed by atoms with Gasteiger partial charge < -0.3 is 15.4 Å². The van der Waals surface area contributed by atoms with Crippen LogP contribution in [-0.2, 0) is 11.3 Å². The van der Waals surface area contributed by atoms with E-state index in [-0.39, 0.29) is 24.0 Å². The second kappa shape index (κ2) is 8.21. The third-order valence-corrected chi connectivity index (χ3v) is 2.67.